The lowest BCUT2D eigenvalue weighted by Crippen LogP contribution is -2.50. The molecule has 2 aliphatic heterocycles. The lowest BCUT2D eigenvalue weighted by atomic mass is 10.1. The lowest BCUT2D eigenvalue weighted by Gasteiger charge is -2.34. The minimum atomic E-state index is -1.12. The number of hydroxylamine groups is 1. The minimum Gasteiger partial charge on any atom is -0.368 e. The largest absolute Gasteiger partial charge is 0.368 e. The van der Waals surface area contributed by atoms with Gasteiger partial charge in [-0.05, 0) is 32.7 Å². The highest BCUT2D eigenvalue weighted by atomic mass is 16.5. The second-order valence-corrected chi connectivity index (χ2v) is 6.80. The molecule has 146 valence electrons. The third-order valence-electron chi connectivity index (χ3n) is 5.11. The number of nitrogens with two attached hydrogens (primary N) is 1. The first kappa shape index (κ1) is 19.0. The Morgan fingerprint density at radius 3 is 1.92 bits per heavy atom. The quantitative estimate of drug-likeness (QED) is 0.256. The van der Waals surface area contributed by atoms with Gasteiger partial charge in [0.15, 0.2) is 6.35 Å². The van der Waals surface area contributed by atoms with Crippen LogP contribution in [0.1, 0.15) is 25.7 Å². The molecule has 2 fully saturated rings. The van der Waals surface area contributed by atoms with Crippen LogP contribution in [0.3, 0.4) is 0 Å². The number of aliphatic hydroxyl groups is 1. The molecule has 0 aliphatic carbocycles. The van der Waals surface area contributed by atoms with Crippen molar-refractivity contribution in [1.82, 2.24) is 31.1 Å². The first-order chi connectivity index (χ1) is 12.6. The highest BCUT2D eigenvalue weighted by Crippen LogP contribution is 2.22. The van der Waals surface area contributed by atoms with Crippen LogP contribution in [0, 0.1) is 0 Å². The summed E-state index contributed by atoms with van der Waals surface area (Å²) < 4.78 is 0. The van der Waals surface area contributed by atoms with Crippen LogP contribution in [-0.4, -0.2) is 76.9 Å². The number of aromatic nitrogens is 3. The number of hydrogen-bond donors (Lipinski definition) is 6. The number of piperidine rings is 2. The van der Waals surface area contributed by atoms with Gasteiger partial charge in [-0.2, -0.15) is 20.4 Å². The second-order valence-electron chi connectivity index (χ2n) is 6.80. The summed E-state index contributed by atoms with van der Waals surface area (Å²) in [7, 11) is 1.99. The van der Waals surface area contributed by atoms with E-state index in [2.05, 4.69) is 35.4 Å². The monoisotopic (exact) mass is 367 g/mol. The summed E-state index contributed by atoms with van der Waals surface area (Å²) in [6.45, 7) is 3.26. The minimum absolute atomic E-state index is 0.111. The van der Waals surface area contributed by atoms with Crippen LogP contribution in [0.15, 0.2) is 0 Å². The average molecular weight is 367 g/mol. The van der Waals surface area contributed by atoms with Gasteiger partial charge in [0.25, 0.3) is 0 Å². The third-order valence-corrected chi connectivity index (χ3v) is 5.11. The second kappa shape index (κ2) is 8.73. The van der Waals surface area contributed by atoms with Gasteiger partial charge in [-0.25, -0.2) is 0 Å². The van der Waals surface area contributed by atoms with Crippen LogP contribution < -0.4 is 31.6 Å². The fourth-order valence-corrected chi connectivity index (χ4v) is 3.53. The third kappa shape index (κ3) is 4.68. The zero-order chi connectivity index (χ0) is 18.5. The normalized spacial score (nSPS) is 21.2. The zero-order valence-electron chi connectivity index (χ0n) is 15.1. The summed E-state index contributed by atoms with van der Waals surface area (Å²) in [6.07, 6.45) is 2.58. The molecule has 0 radical (unpaired) electrons. The molecule has 0 spiro atoms. The van der Waals surface area contributed by atoms with Gasteiger partial charge in [-0.3, -0.25) is 5.32 Å². The summed E-state index contributed by atoms with van der Waals surface area (Å²) in [4.78, 5) is 17.5. The van der Waals surface area contributed by atoms with Crippen molar-refractivity contribution >= 4 is 17.8 Å². The number of hydrogen-bond acceptors (Lipinski definition) is 11. The topological polar surface area (TPSA) is 148 Å². The van der Waals surface area contributed by atoms with Crippen LogP contribution >= 0.6 is 0 Å². The highest BCUT2D eigenvalue weighted by Gasteiger charge is 2.25. The number of anilines is 3. The molecule has 2 aliphatic rings. The molecule has 3 heterocycles. The molecule has 3 rings (SSSR count). The molecule has 26 heavy (non-hydrogen) atoms. The van der Waals surface area contributed by atoms with Gasteiger partial charge in [0.2, 0.25) is 17.8 Å². The summed E-state index contributed by atoms with van der Waals surface area (Å²) in [5, 5.41) is 24.3. The van der Waals surface area contributed by atoms with Gasteiger partial charge in [0.1, 0.15) is 0 Å². The van der Waals surface area contributed by atoms with E-state index in [0.717, 1.165) is 51.9 Å². The summed E-state index contributed by atoms with van der Waals surface area (Å²) in [5.74, 6) is 1.48. The molecule has 0 aromatic carbocycles. The molecule has 1 aromatic heterocycles. The molecule has 11 heteroatoms. The fourth-order valence-electron chi connectivity index (χ4n) is 3.53. The van der Waals surface area contributed by atoms with E-state index >= 15 is 0 Å². The summed E-state index contributed by atoms with van der Waals surface area (Å²) in [5.41, 5.74) is 7.71. The van der Waals surface area contributed by atoms with Gasteiger partial charge in [-0.15, -0.1) is 0 Å². The maximum Gasteiger partial charge on any atom is 0.231 e. The van der Waals surface area contributed by atoms with Crippen molar-refractivity contribution in [3.8, 4) is 0 Å². The molecule has 1 aromatic rings. The lowest BCUT2D eigenvalue weighted by molar-refractivity contribution is -0.0272. The molecular weight excluding hydrogens is 338 g/mol. The SMILES string of the molecule is CNC1CCN(c2nc(N)nc(N3CCC(NC(O)NO)CC3)n2)CC1. The Labute approximate surface area is 153 Å². The van der Waals surface area contributed by atoms with Gasteiger partial charge >= 0.3 is 0 Å². The van der Waals surface area contributed by atoms with Crippen LogP contribution in [0.25, 0.3) is 0 Å². The first-order valence-electron chi connectivity index (χ1n) is 9.11. The van der Waals surface area contributed by atoms with E-state index in [0.29, 0.717) is 17.9 Å². The van der Waals surface area contributed by atoms with Gasteiger partial charge in [-0.1, -0.05) is 0 Å². The van der Waals surface area contributed by atoms with Gasteiger partial charge in [0.05, 0.1) is 0 Å². The smallest absolute Gasteiger partial charge is 0.231 e. The van der Waals surface area contributed by atoms with Crippen molar-refractivity contribution in [2.45, 2.75) is 44.1 Å². The van der Waals surface area contributed by atoms with Crippen molar-refractivity contribution in [3.63, 3.8) is 0 Å². The molecule has 0 amide bonds. The number of nitrogens with one attached hydrogen (secondary N) is 3. The molecule has 7 N–H and O–H groups in total. The molecule has 2 saturated heterocycles. The zero-order valence-corrected chi connectivity index (χ0v) is 15.1. The maximum absolute atomic E-state index is 9.40. The Bertz CT molecular complexity index is 574. The van der Waals surface area contributed by atoms with E-state index in [1.54, 1.807) is 5.48 Å². The molecule has 0 bridgehead atoms. The van der Waals surface area contributed by atoms with E-state index in [1.165, 1.54) is 0 Å². The van der Waals surface area contributed by atoms with E-state index < -0.39 is 6.35 Å². The summed E-state index contributed by atoms with van der Waals surface area (Å²) >= 11 is 0. The van der Waals surface area contributed by atoms with Crippen molar-refractivity contribution in [2.75, 3.05) is 48.8 Å². The van der Waals surface area contributed by atoms with E-state index in [-0.39, 0.29) is 12.0 Å². The maximum atomic E-state index is 9.40. The Balaban J connectivity index is 1.62. The number of rotatable bonds is 6. The van der Waals surface area contributed by atoms with Crippen molar-refractivity contribution in [2.24, 2.45) is 0 Å². The van der Waals surface area contributed by atoms with Crippen molar-refractivity contribution in [1.29, 1.82) is 0 Å². The number of nitrogen functional groups attached to an aromatic ring is 1. The van der Waals surface area contributed by atoms with Gasteiger partial charge < -0.3 is 31.2 Å². The first-order valence-corrected chi connectivity index (χ1v) is 9.11. The Kier molecular flexibility index (Phi) is 6.38. The highest BCUT2D eigenvalue weighted by molar-refractivity contribution is 5.44. The molecule has 0 saturated carbocycles. The van der Waals surface area contributed by atoms with E-state index in [1.807, 2.05) is 7.05 Å². The van der Waals surface area contributed by atoms with Gasteiger partial charge in [0, 0.05) is 38.3 Å². The standard InChI is InChI=1S/C15H29N9O2/c1-17-10-2-6-23(7-3-10)13-19-12(16)20-14(21-13)24-8-4-11(5-9-24)18-15(25)22-26/h10-11,15,17-18,22,25-26H,2-9H2,1H3,(H2,16,19,20,21). The summed E-state index contributed by atoms with van der Waals surface area (Å²) in [6, 6.07) is 0.653. The van der Waals surface area contributed by atoms with Crippen LogP contribution in [-0.2, 0) is 0 Å². The molecule has 1 unspecified atom stereocenters. The Morgan fingerprint density at radius 2 is 1.46 bits per heavy atom. The predicted molar refractivity (Wildman–Crippen MR) is 97.8 cm³/mol. The molecular formula is C15H29N9O2. The van der Waals surface area contributed by atoms with Crippen molar-refractivity contribution < 1.29 is 10.3 Å². The van der Waals surface area contributed by atoms with E-state index in [4.69, 9.17) is 10.9 Å². The molecule has 11 nitrogen and oxygen atoms in total. The molecule has 1 atom stereocenters. The fraction of sp³-hybridized carbons (Fsp3) is 0.800. The predicted octanol–water partition coefficient (Wildman–Crippen LogP) is -1.54. The average Bonchev–Trinajstić information content (AvgIpc) is 2.68. The van der Waals surface area contributed by atoms with Crippen LogP contribution in [0.4, 0.5) is 17.8 Å². The van der Waals surface area contributed by atoms with Crippen LogP contribution in [0.2, 0.25) is 0 Å². The Hall–Kier alpha value is -1.79. The van der Waals surface area contributed by atoms with Crippen LogP contribution in [0.5, 0.6) is 0 Å². The van der Waals surface area contributed by atoms with Crippen molar-refractivity contribution in [3.05, 3.63) is 0 Å². The Morgan fingerprint density at radius 1 is 0.962 bits per heavy atom. The number of aliphatic hydroxyl groups excluding tert-OH is 1. The number of nitrogens with zero attached hydrogens (tertiary/aromatic N) is 5. The van der Waals surface area contributed by atoms with E-state index in [9.17, 15) is 5.11 Å².